The van der Waals surface area contributed by atoms with E-state index < -0.39 is 15.9 Å². The van der Waals surface area contributed by atoms with Gasteiger partial charge in [-0.05, 0) is 17.7 Å². The minimum Gasteiger partial charge on any atom is -0.748 e. The molecule has 0 fully saturated rings. The fourth-order valence-electron chi connectivity index (χ4n) is 1.84. The Hall–Kier alpha value is -2.24. The lowest BCUT2D eigenvalue weighted by Crippen LogP contribution is -2.01. The van der Waals surface area contributed by atoms with Crippen LogP contribution in [0.4, 0.5) is 0 Å². The molecule has 3 rings (SSSR count). The van der Waals surface area contributed by atoms with Gasteiger partial charge < -0.3 is 4.55 Å². The Balaban J connectivity index is 0.000000154. The van der Waals surface area contributed by atoms with Crippen LogP contribution in [0.2, 0.25) is 0 Å². The highest BCUT2D eigenvalue weighted by molar-refractivity contribution is 7.84. The zero-order chi connectivity index (χ0) is 15.1. The number of fused-ring (bicyclic) bond motifs is 1. The van der Waals surface area contributed by atoms with Crippen LogP contribution in [0, 0.1) is 0 Å². The number of benzene rings is 2. The maximum atomic E-state index is 10.2. The van der Waals surface area contributed by atoms with Crippen molar-refractivity contribution >= 4 is 21.0 Å². The summed E-state index contributed by atoms with van der Waals surface area (Å²) < 4.78 is 30.7. The van der Waals surface area contributed by atoms with Crippen LogP contribution in [0.1, 0.15) is 5.56 Å². The van der Waals surface area contributed by atoms with Gasteiger partial charge in [-0.25, -0.2) is 13.4 Å². The molecule has 108 valence electrons. The Bertz CT molecular complexity index is 736. The molecule has 0 aliphatic rings. The Morgan fingerprint density at radius 3 is 2.14 bits per heavy atom. The highest BCUT2D eigenvalue weighted by atomic mass is 32.2. The molecule has 0 unspecified atom stereocenters. The largest absolute Gasteiger partial charge is 0.748 e. The molecule has 0 spiro atoms. The third-order valence-corrected chi connectivity index (χ3v) is 3.44. The third-order valence-electron chi connectivity index (χ3n) is 2.76. The first-order chi connectivity index (χ1) is 10.0. The molecule has 0 saturated carbocycles. The van der Waals surface area contributed by atoms with Crippen molar-refractivity contribution in [2.45, 2.75) is 5.75 Å². The van der Waals surface area contributed by atoms with Crippen LogP contribution >= 0.6 is 0 Å². The number of hydrogen-bond donors (Lipinski definition) is 0. The standard InChI is InChI=1S/C9H7N.C7H8O3S/c1-2-6-9-8(4-1)5-3-7-10-9;8-11(9,10)6-7-4-2-1-3-5-7/h1-7H;1-5H,6H2,(H,8,9,10). The predicted molar refractivity (Wildman–Crippen MR) is 80.3 cm³/mol. The van der Waals surface area contributed by atoms with Gasteiger partial charge in [-0.1, -0.05) is 42.5 Å². The van der Waals surface area contributed by atoms with E-state index in [-0.39, 0.29) is 0 Å². The van der Waals surface area contributed by atoms with E-state index in [0.29, 0.717) is 5.56 Å². The summed E-state index contributed by atoms with van der Waals surface area (Å²) in [4.78, 5) is 3.15. The molecule has 0 bridgehead atoms. The van der Waals surface area contributed by atoms with Crippen molar-refractivity contribution in [3.63, 3.8) is 0 Å². The van der Waals surface area contributed by atoms with Gasteiger partial charge in [-0.3, -0.25) is 0 Å². The normalized spacial score (nSPS) is 10.7. The summed E-state index contributed by atoms with van der Waals surface area (Å²) in [6, 6.07) is 20.7. The minimum absolute atomic E-state index is 0.423. The average Bonchev–Trinajstić information content (AvgIpc) is 2.47. The van der Waals surface area contributed by atoms with Crippen molar-refractivity contribution in [1.82, 2.24) is 0 Å². The van der Waals surface area contributed by atoms with Gasteiger partial charge in [0.25, 0.3) is 0 Å². The number of hydrogen-bond acceptors (Lipinski definition) is 3. The summed E-state index contributed by atoms with van der Waals surface area (Å²) in [5.74, 6) is -0.423. The van der Waals surface area contributed by atoms with Crippen LogP contribution in [0.3, 0.4) is 0 Å². The van der Waals surface area contributed by atoms with Crippen molar-refractivity contribution in [1.29, 1.82) is 0 Å². The number of para-hydroxylation sites is 1. The SMILES string of the molecule is O=S(=O)([O-])Cc1ccccc1.c1ccc2[nH+]cccc2c1. The summed E-state index contributed by atoms with van der Waals surface area (Å²) in [5, 5.41) is 1.25. The number of aromatic nitrogens is 1. The first-order valence-corrected chi connectivity index (χ1v) is 7.95. The molecular formula is C16H15NO3S. The molecule has 5 heteroatoms. The van der Waals surface area contributed by atoms with Crippen LogP contribution in [-0.4, -0.2) is 13.0 Å². The van der Waals surface area contributed by atoms with Crippen LogP contribution in [0.15, 0.2) is 72.9 Å². The maximum absolute atomic E-state index is 10.2. The molecule has 0 aliphatic heterocycles. The van der Waals surface area contributed by atoms with Gasteiger partial charge in [0.05, 0.1) is 15.9 Å². The number of nitrogens with one attached hydrogen (secondary N) is 1. The lowest BCUT2D eigenvalue weighted by molar-refractivity contribution is -0.344. The van der Waals surface area contributed by atoms with E-state index in [1.165, 1.54) is 10.9 Å². The average molecular weight is 301 g/mol. The molecule has 2 aromatic carbocycles. The van der Waals surface area contributed by atoms with Gasteiger partial charge in [0.1, 0.15) is 0 Å². The Labute approximate surface area is 123 Å². The molecule has 1 aromatic heterocycles. The topological polar surface area (TPSA) is 71.3 Å². The maximum Gasteiger partial charge on any atom is 0.210 e. The summed E-state index contributed by atoms with van der Waals surface area (Å²) in [6.45, 7) is 0. The molecule has 0 atom stereocenters. The summed E-state index contributed by atoms with van der Waals surface area (Å²) in [5.41, 5.74) is 1.72. The number of rotatable bonds is 2. The second-order valence-corrected chi connectivity index (χ2v) is 5.85. The summed E-state index contributed by atoms with van der Waals surface area (Å²) >= 11 is 0. The molecule has 21 heavy (non-hydrogen) atoms. The molecule has 0 aliphatic carbocycles. The zero-order valence-electron chi connectivity index (χ0n) is 11.3. The Kier molecular flexibility index (Phi) is 5.03. The molecule has 1 heterocycles. The van der Waals surface area contributed by atoms with E-state index in [1.54, 1.807) is 30.3 Å². The lowest BCUT2D eigenvalue weighted by atomic mass is 10.2. The first-order valence-electron chi connectivity index (χ1n) is 6.37. The van der Waals surface area contributed by atoms with Crippen molar-refractivity contribution in [2.75, 3.05) is 0 Å². The molecule has 0 saturated heterocycles. The van der Waals surface area contributed by atoms with Gasteiger partial charge in [0.2, 0.25) is 5.52 Å². The molecular weight excluding hydrogens is 286 g/mol. The molecule has 0 amide bonds. The van der Waals surface area contributed by atoms with E-state index in [1.807, 2.05) is 24.4 Å². The first kappa shape index (κ1) is 15.2. The molecule has 3 aromatic rings. The quantitative estimate of drug-likeness (QED) is 0.682. The fraction of sp³-hybridized carbons (Fsp3) is 0.0625. The monoisotopic (exact) mass is 301 g/mol. The summed E-state index contributed by atoms with van der Waals surface area (Å²) in [7, 11) is -4.13. The van der Waals surface area contributed by atoms with Gasteiger partial charge >= 0.3 is 0 Å². The zero-order valence-corrected chi connectivity index (χ0v) is 12.1. The smallest absolute Gasteiger partial charge is 0.210 e. The second kappa shape index (κ2) is 6.97. The van der Waals surface area contributed by atoms with Crippen LogP contribution in [0.25, 0.3) is 10.9 Å². The number of pyridine rings is 1. The van der Waals surface area contributed by atoms with Gasteiger partial charge in [-0.2, -0.15) is 0 Å². The van der Waals surface area contributed by atoms with Gasteiger partial charge in [-0.15, -0.1) is 0 Å². The van der Waals surface area contributed by atoms with Crippen molar-refractivity contribution in [3.8, 4) is 0 Å². The Morgan fingerprint density at radius 2 is 1.48 bits per heavy atom. The van der Waals surface area contributed by atoms with Crippen molar-refractivity contribution in [2.24, 2.45) is 0 Å². The van der Waals surface area contributed by atoms with Gasteiger partial charge in [0.15, 0.2) is 6.20 Å². The highest BCUT2D eigenvalue weighted by Crippen LogP contribution is 2.05. The van der Waals surface area contributed by atoms with E-state index in [4.69, 9.17) is 0 Å². The summed E-state index contributed by atoms with van der Waals surface area (Å²) in [6.07, 6.45) is 1.93. The van der Waals surface area contributed by atoms with Crippen molar-refractivity contribution < 1.29 is 18.0 Å². The van der Waals surface area contributed by atoms with E-state index >= 15 is 0 Å². The minimum atomic E-state index is -4.13. The Morgan fingerprint density at radius 1 is 0.857 bits per heavy atom. The molecule has 1 N–H and O–H groups in total. The fourth-order valence-corrected chi connectivity index (χ4v) is 2.44. The second-order valence-electron chi connectivity index (χ2n) is 4.44. The number of aromatic amines is 1. The highest BCUT2D eigenvalue weighted by Gasteiger charge is 1.96. The van der Waals surface area contributed by atoms with Gasteiger partial charge in [0, 0.05) is 17.5 Å². The predicted octanol–water partition coefficient (Wildman–Crippen LogP) is 2.39. The van der Waals surface area contributed by atoms with Crippen LogP contribution in [-0.2, 0) is 15.9 Å². The molecule has 0 radical (unpaired) electrons. The number of H-pyrrole nitrogens is 1. The third kappa shape index (κ3) is 5.33. The van der Waals surface area contributed by atoms with E-state index in [0.717, 1.165) is 0 Å². The van der Waals surface area contributed by atoms with Crippen LogP contribution in [0.5, 0.6) is 0 Å². The lowest BCUT2D eigenvalue weighted by Gasteiger charge is -2.05. The molecule has 4 nitrogen and oxygen atoms in total. The van der Waals surface area contributed by atoms with E-state index in [9.17, 15) is 13.0 Å². The van der Waals surface area contributed by atoms with Crippen molar-refractivity contribution in [3.05, 3.63) is 78.5 Å². The van der Waals surface area contributed by atoms with E-state index in [2.05, 4.69) is 23.2 Å². The van der Waals surface area contributed by atoms with Crippen LogP contribution < -0.4 is 4.98 Å².